The monoisotopic (exact) mass is 196 g/mol. The summed E-state index contributed by atoms with van der Waals surface area (Å²) in [6.45, 7) is 2.23. The van der Waals surface area contributed by atoms with Gasteiger partial charge < -0.3 is 0 Å². The summed E-state index contributed by atoms with van der Waals surface area (Å²) < 4.78 is 0. The van der Waals surface area contributed by atoms with Crippen molar-refractivity contribution in [3.05, 3.63) is 22.7 Å². The second-order valence-corrected chi connectivity index (χ2v) is 3.96. The Balaban J connectivity index is 2.31. The van der Waals surface area contributed by atoms with E-state index in [1.165, 1.54) is 18.4 Å². The fourth-order valence-corrected chi connectivity index (χ4v) is 2.17. The first kappa shape index (κ1) is 8.95. The summed E-state index contributed by atoms with van der Waals surface area (Å²) in [5, 5.41) is 0.652. The molecule has 2 nitrogen and oxygen atoms in total. The number of hydrogen-bond donors (Lipinski definition) is 0. The van der Waals surface area contributed by atoms with Crippen LogP contribution in [0.25, 0.3) is 0 Å². The van der Waals surface area contributed by atoms with Gasteiger partial charge in [-0.3, -0.25) is 0 Å². The van der Waals surface area contributed by atoms with Crippen molar-refractivity contribution in [2.24, 2.45) is 5.92 Å². The minimum Gasteiger partial charge on any atom is -0.241 e. The van der Waals surface area contributed by atoms with Gasteiger partial charge in [0.1, 0.15) is 11.5 Å². The molecule has 1 aromatic heterocycles. The number of halogens is 1. The van der Waals surface area contributed by atoms with Gasteiger partial charge in [-0.1, -0.05) is 24.9 Å². The number of aromatic nitrogens is 2. The second kappa shape index (κ2) is 3.62. The zero-order valence-electron chi connectivity index (χ0n) is 7.76. The highest BCUT2D eigenvalue weighted by molar-refractivity contribution is 6.30. The van der Waals surface area contributed by atoms with E-state index in [4.69, 9.17) is 11.6 Å². The maximum Gasteiger partial charge on any atom is 0.135 e. The molecule has 1 aliphatic rings. The van der Waals surface area contributed by atoms with Gasteiger partial charge in [-0.25, -0.2) is 9.97 Å². The van der Waals surface area contributed by atoms with Crippen molar-refractivity contribution in [2.75, 3.05) is 0 Å². The van der Waals surface area contributed by atoms with Crippen LogP contribution in [-0.2, 0) is 12.8 Å². The highest BCUT2D eigenvalue weighted by atomic mass is 35.5. The fourth-order valence-electron chi connectivity index (χ4n) is 1.92. The number of fused-ring (bicyclic) bond motifs is 1. The first-order chi connectivity index (χ1) is 6.31. The lowest BCUT2D eigenvalue weighted by Crippen LogP contribution is -2.15. The van der Waals surface area contributed by atoms with E-state index in [1.807, 2.05) is 0 Å². The van der Waals surface area contributed by atoms with Crippen LogP contribution >= 0.6 is 11.6 Å². The van der Waals surface area contributed by atoms with Crippen molar-refractivity contribution in [2.45, 2.75) is 32.6 Å². The average molecular weight is 197 g/mol. The van der Waals surface area contributed by atoms with Gasteiger partial charge in [-0.05, 0) is 25.2 Å². The van der Waals surface area contributed by atoms with E-state index in [0.29, 0.717) is 5.15 Å². The van der Waals surface area contributed by atoms with Crippen molar-refractivity contribution in [3.63, 3.8) is 0 Å². The van der Waals surface area contributed by atoms with E-state index in [9.17, 15) is 0 Å². The van der Waals surface area contributed by atoms with Gasteiger partial charge in [-0.2, -0.15) is 0 Å². The Bertz CT molecular complexity index is 312. The smallest absolute Gasteiger partial charge is 0.135 e. The van der Waals surface area contributed by atoms with E-state index in [1.54, 1.807) is 6.33 Å². The zero-order valence-corrected chi connectivity index (χ0v) is 8.51. The number of rotatable bonds is 1. The first-order valence-corrected chi connectivity index (χ1v) is 5.17. The van der Waals surface area contributed by atoms with Gasteiger partial charge in [-0.15, -0.1) is 0 Å². The van der Waals surface area contributed by atoms with Crippen LogP contribution in [0.2, 0.25) is 5.15 Å². The molecule has 0 spiro atoms. The Kier molecular flexibility index (Phi) is 2.49. The Morgan fingerprint density at radius 1 is 1.54 bits per heavy atom. The minimum atomic E-state index is 0.652. The van der Waals surface area contributed by atoms with Gasteiger partial charge in [0.25, 0.3) is 0 Å². The van der Waals surface area contributed by atoms with E-state index >= 15 is 0 Å². The molecule has 13 heavy (non-hydrogen) atoms. The molecule has 0 amide bonds. The van der Waals surface area contributed by atoms with Crippen LogP contribution in [0.1, 0.15) is 31.0 Å². The summed E-state index contributed by atoms with van der Waals surface area (Å²) in [5.41, 5.74) is 2.34. The molecule has 0 radical (unpaired) electrons. The predicted molar refractivity (Wildman–Crippen MR) is 52.8 cm³/mol. The van der Waals surface area contributed by atoms with Gasteiger partial charge in [0.05, 0.1) is 0 Å². The van der Waals surface area contributed by atoms with Gasteiger partial charge >= 0.3 is 0 Å². The van der Waals surface area contributed by atoms with Crippen LogP contribution < -0.4 is 0 Å². The number of nitrogens with zero attached hydrogens (tertiary/aromatic N) is 2. The summed E-state index contributed by atoms with van der Waals surface area (Å²) in [4.78, 5) is 8.28. The average Bonchev–Trinajstić information content (AvgIpc) is 2.18. The Morgan fingerprint density at radius 2 is 2.38 bits per heavy atom. The molecule has 2 rings (SSSR count). The van der Waals surface area contributed by atoms with E-state index in [-0.39, 0.29) is 0 Å². The molecule has 70 valence electrons. The Labute approximate surface area is 83.4 Å². The SMILES string of the molecule is CC[C@H]1CCc2c(Cl)ncnc2C1. The van der Waals surface area contributed by atoms with Crippen molar-refractivity contribution < 1.29 is 0 Å². The standard InChI is InChI=1S/C10H13ClN2/c1-2-7-3-4-8-9(5-7)12-6-13-10(8)11/h6-7H,2-5H2,1H3/t7-/m0/s1. The molecule has 0 saturated heterocycles. The lowest BCUT2D eigenvalue weighted by Gasteiger charge is -2.22. The molecule has 0 saturated carbocycles. The maximum absolute atomic E-state index is 5.98. The second-order valence-electron chi connectivity index (χ2n) is 3.61. The van der Waals surface area contributed by atoms with Crippen molar-refractivity contribution in [3.8, 4) is 0 Å². The third-order valence-electron chi connectivity index (χ3n) is 2.84. The van der Waals surface area contributed by atoms with Crippen LogP contribution in [0, 0.1) is 5.92 Å². The molecular weight excluding hydrogens is 184 g/mol. The molecule has 0 bridgehead atoms. The Morgan fingerprint density at radius 3 is 3.15 bits per heavy atom. The summed E-state index contributed by atoms with van der Waals surface area (Å²) in [6, 6.07) is 0. The molecular formula is C10H13ClN2. The summed E-state index contributed by atoms with van der Waals surface area (Å²) in [5.74, 6) is 0.790. The summed E-state index contributed by atoms with van der Waals surface area (Å²) >= 11 is 5.98. The molecule has 1 heterocycles. The van der Waals surface area contributed by atoms with E-state index in [2.05, 4.69) is 16.9 Å². The molecule has 1 aromatic rings. The van der Waals surface area contributed by atoms with Gasteiger partial charge in [0.2, 0.25) is 0 Å². The van der Waals surface area contributed by atoms with Crippen LogP contribution in [0.5, 0.6) is 0 Å². The van der Waals surface area contributed by atoms with Crippen LogP contribution in [0.15, 0.2) is 6.33 Å². The molecule has 0 fully saturated rings. The molecule has 0 unspecified atom stereocenters. The minimum absolute atomic E-state index is 0.652. The van der Waals surface area contributed by atoms with Crippen molar-refractivity contribution >= 4 is 11.6 Å². The maximum atomic E-state index is 5.98. The molecule has 1 atom stereocenters. The normalized spacial score (nSPS) is 21.2. The third kappa shape index (κ3) is 1.68. The number of hydrogen-bond acceptors (Lipinski definition) is 2. The largest absolute Gasteiger partial charge is 0.241 e. The fraction of sp³-hybridized carbons (Fsp3) is 0.600. The molecule has 0 N–H and O–H groups in total. The van der Waals surface area contributed by atoms with Crippen molar-refractivity contribution in [1.82, 2.24) is 9.97 Å². The third-order valence-corrected chi connectivity index (χ3v) is 3.17. The first-order valence-electron chi connectivity index (χ1n) is 4.79. The Hall–Kier alpha value is -0.630. The van der Waals surface area contributed by atoms with Crippen LogP contribution in [-0.4, -0.2) is 9.97 Å². The molecule has 0 aromatic carbocycles. The highest BCUT2D eigenvalue weighted by Gasteiger charge is 2.20. The lowest BCUT2D eigenvalue weighted by molar-refractivity contribution is 0.437. The highest BCUT2D eigenvalue weighted by Crippen LogP contribution is 2.28. The quantitative estimate of drug-likeness (QED) is 0.646. The van der Waals surface area contributed by atoms with Gasteiger partial charge in [0.15, 0.2) is 0 Å². The summed E-state index contributed by atoms with van der Waals surface area (Å²) in [6.07, 6.45) is 6.17. The van der Waals surface area contributed by atoms with E-state index < -0.39 is 0 Å². The van der Waals surface area contributed by atoms with E-state index in [0.717, 1.165) is 24.5 Å². The molecule has 1 aliphatic carbocycles. The molecule has 0 aliphatic heterocycles. The summed E-state index contributed by atoms with van der Waals surface area (Å²) in [7, 11) is 0. The van der Waals surface area contributed by atoms with Gasteiger partial charge in [0, 0.05) is 11.3 Å². The topological polar surface area (TPSA) is 25.8 Å². The van der Waals surface area contributed by atoms with Crippen molar-refractivity contribution in [1.29, 1.82) is 0 Å². The predicted octanol–water partition coefficient (Wildman–Crippen LogP) is 2.64. The zero-order chi connectivity index (χ0) is 9.26. The van der Waals surface area contributed by atoms with Crippen LogP contribution in [0.3, 0.4) is 0 Å². The lowest BCUT2D eigenvalue weighted by atomic mass is 9.86. The van der Waals surface area contributed by atoms with Crippen LogP contribution in [0.4, 0.5) is 0 Å². The molecule has 3 heteroatoms.